The van der Waals surface area contributed by atoms with E-state index in [4.69, 9.17) is 4.74 Å². The van der Waals surface area contributed by atoms with Crippen molar-refractivity contribution in [3.8, 4) is 0 Å². The molecule has 1 heterocycles. The molecule has 118 valence electrons. The van der Waals surface area contributed by atoms with Gasteiger partial charge in [-0.2, -0.15) is 0 Å². The number of esters is 1. The summed E-state index contributed by atoms with van der Waals surface area (Å²) in [5, 5.41) is 0. The van der Waals surface area contributed by atoms with Crippen LogP contribution in [0.25, 0.3) is 0 Å². The SMILES string of the molecule is CCOC(=O)CCc1ccn(S(=O)(=O)c2ccc(C)cc2)c1. The molecule has 0 saturated heterocycles. The molecule has 0 radical (unpaired) electrons. The van der Waals surface area contributed by atoms with Crippen molar-refractivity contribution in [3.63, 3.8) is 0 Å². The van der Waals surface area contributed by atoms with Crippen LogP contribution in [0.4, 0.5) is 0 Å². The number of hydrogen-bond donors (Lipinski definition) is 0. The zero-order chi connectivity index (χ0) is 16.2. The summed E-state index contributed by atoms with van der Waals surface area (Å²) >= 11 is 0. The molecule has 0 amide bonds. The zero-order valence-corrected chi connectivity index (χ0v) is 13.5. The minimum absolute atomic E-state index is 0.239. The highest BCUT2D eigenvalue weighted by Gasteiger charge is 2.16. The lowest BCUT2D eigenvalue weighted by Gasteiger charge is -2.06. The van der Waals surface area contributed by atoms with Gasteiger partial charge < -0.3 is 4.74 Å². The van der Waals surface area contributed by atoms with Crippen molar-refractivity contribution >= 4 is 16.0 Å². The first-order valence-electron chi connectivity index (χ1n) is 7.08. The van der Waals surface area contributed by atoms with Gasteiger partial charge in [0.15, 0.2) is 0 Å². The molecule has 0 spiro atoms. The molecule has 0 atom stereocenters. The first-order valence-corrected chi connectivity index (χ1v) is 8.52. The number of ether oxygens (including phenoxy) is 1. The maximum absolute atomic E-state index is 12.5. The number of rotatable bonds is 6. The molecule has 0 N–H and O–H groups in total. The molecule has 0 aliphatic carbocycles. The Morgan fingerprint density at radius 2 is 1.86 bits per heavy atom. The van der Waals surface area contributed by atoms with Crippen LogP contribution in [-0.2, 0) is 26.0 Å². The summed E-state index contributed by atoms with van der Waals surface area (Å²) < 4.78 is 31.0. The first-order chi connectivity index (χ1) is 10.4. The second kappa shape index (κ2) is 6.79. The lowest BCUT2D eigenvalue weighted by molar-refractivity contribution is -0.143. The van der Waals surface area contributed by atoms with Gasteiger partial charge in [0, 0.05) is 18.8 Å². The molecule has 0 unspecified atom stereocenters. The average molecular weight is 321 g/mol. The predicted octanol–water partition coefficient (Wildman–Crippen LogP) is 2.53. The number of aryl methyl sites for hydroxylation is 2. The molecular formula is C16H19NO4S. The molecule has 0 saturated carbocycles. The number of carbonyl (C=O) groups excluding carboxylic acids is 1. The highest BCUT2D eigenvalue weighted by atomic mass is 32.2. The van der Waals surface area contributed by atoms with Gasteiger partial charge in [-0.05, 0) is 44.0 Å². The van der Waals surface area contributed by atoms with Gasteiger partial charge >= 0.3 is 5.97 Å². The van der Waals surface area contributed by atoms with Gasteiger partial charge in [0.2, 0.25) is 0 Å². The second-order valence-electron chi connectivity index (χ2n) is 4.97. The molecular weight excluding hydrogens is 302 g/mol. The molecule has 6 heteroatoms. The summed E-state index contributed by atoms with van der Waals surface area (Å²) in [5.41, 5.74) is 1.78. The highest BCUT2D eigenvalue weighted by molar-refractivity contribution is 7.90. The maximum atomic E-state index is 12.5. The minimum atomic E-state index is -3.58. The fraction of sp³-hybridized carbons (Fsp3) is 0.312. The summed E-state index contributed by atoms with van der Waals surface area (Å²) in [7, 11) is -3.58. The third-order valence-electron chi connectivity index (χ3n) is 3.25. The normalized spacial score (nSPS) is 11.4. The van der Waals surface area contributed by atoms with E-state index in [9.17, 15) is 13.2 Å². The third-order valence-corrected chi connectivity index (χ3v) is 4.90. The lowest BCUT2D eigenvalue weighted by Crippen LogP contribution is -2.11. The smallest absolute Gasteiger partial charge is 0.306 e. The van der Waals surface area contributed by atoms with Crippen LogP contribution in [-0.4, -0.2) is 25.0 Å². The van der Waals surface area contributed by atoms with Gasteiger partial charge in [-0.25, -0.2) is 12.4 Å². The van der Waals surface area contributed by atoms with Crippen molar-refractivity contribution in [2.45, 2.75) is 31.6 Å². The Hall–Kier alpha value is -2.08. The fourth-order valence-electron chi connectivity index (χ4n) is 2.03. The Morgan fingerprint density at radius 3 is 2.50 bits per heavy atom. The van der Waals surface area contributed by atoms with E-state index in [1.54, 1.807) is 37.3 Å². The number of hydrogen-bond acceptors (Lipinski definition) is 4. The van der Waals surface area contributed by atoms with Crippen molar-refractivity contribution in [2.24, 2.45) is 0 Å². The molecule has 2 rings (SSSR count). The molecule has 0 aliphatic heterocycles. The Morgan fingerprint density at radius 1 is 1.18 bits per heavy atom. The summed E-state index contributed by atoms with van der Waals surface area (Å²) in [6.07, 6.45) is 3.72. The molecule has 0 fully saturated rings. The van der Waals surface area contributed by atoms with Crippen LogP contribution in [0.1, 0.15) is 24.5 Å². The van der Waals surface area contributed by atoms with Crippen LogP contribution in [0.2, 0.25) is 0 Å². The van der Waals surface area contributed by atoms with E-state index in [-0.39, 0.29) is 17.3 Å². The maximum Gasteiger partial charge on any atom is 0.306 e. The number of benzene rings is 1. The fourth-order valence-corrected chi connectivity index (χ4v) is 3.25. The second-order valence-corrected chi connectivity index (χ2v) is 6.82. The molecule has 1 aromatic carbocycles. The summed E-state index contributed by atoms with van der Waals surface area (Å²) in [4.78, 5) is 11.6. The van der Waals surface area contributed by atoms with Gasteiger partial charge in [0.05, 0.1) is 11.5 Å². The monoisotopic (exact) mass is 321 g/mol. The van der Waals surface area contributed by atoms with Crippen LogP contribution in [0, 0.1) is 6.92 Å². The number of carbonyl (C=O) groups is 1. The van der Waals surface area contributed by atoms with Crippen molar-refractivity contribution in [1.82, 2.24) is 3.97 Å². The molecule has 0 aliphatic rings. The van der Waals surface area contributed by atoms with Crippen LogP contribution < -0.4 is 0 Å². The van der Waals surface area contributed by atoms with Crippen molar-refractivity contribution < 1.29 is 17.9 Å². The van der Waals surface area contributed by atoms with Crippen molar-refractivity contribution in [1.29, 1.82) is 0 Å². The predicted molar refractivity (Wildman–Crippen MR) is 83.1 cm³/mol. The number of nitrogens with zero attached hydrogens (tertiary/aromatic N) is 1. The van der Waals surface area contributed by atoms with E-state index in [1.165, 1.54) is 16.4 Å². The van der Waals surface area contributed by atoms with Crippen molar-refractivity contribution in [3.05, 3.63) is 53.9 Å². The average Bonchev–Trinajstić information content (AvgIpc) is 2.95. The third kappa shape index (κ3) is 3.76. The lowest BCUT2D eigenvalue weighted by atomic mass is 10.2. The van der Waals surface area contributed by atoms with E-state index < -0.39 is 10.0 Å². The van der Waals surface area contributed by atoms with Gasteiger partial charge in [-0.3, -0.25) is 4.79 Å². The van der Waals surface area contributed by atoms with Crippen LogP contribution in [0.3, 0.4) is 0 Å². The topological polar surface area (TPSA) is 65.4 Å². The largest absolute Gasteiger partial charge is 0.466 e. The first kappa shape index (κ1) is 16.3. The standard InChI is InChI=1S/C16H19NO4S/c1-3-21-16(18)9-6-14-10-11-17(12-14)22(19,20)15-7-4-13(2)5-8-15/h4-5,7-8,10-12H,3,6,9H2,1-2H3. The van der Waals surface area contributed by atoms with Crippen LogP contribution in [0.5, 0.6) is 0 Å². The summed E-state index contributed by atoms with van der Waals surface area (Å²) in [6, 6.07) is 8.40. The van der Waals surface area contributed by atoms with E-state index in [2.05, 4.69) is 0 Å². The van der Waals surface area contributed by atoms with E-state index >= 15 is 0 Å². The van der Waals surface area contributed by atoms with Crippen LogP contribution >= 0.6 is 0 Å². The van der Waals surface area contributed by atoms with E-state index in [0.29, 0.717) is 13.0 Å². The van der Waals surface area contributed by atoms with E-state index in [1.807, 2.05) is 6.92 Å². The quantitative estimate of drug-likeness (QED) is 0.767. The molecule has 22 heavy (non-hydrogen) atoms. The Bertz CT molecular complexity index is 745. The van der Waals surface area contributed by atoms with Crippen LogP contribution in [0.15, 0.2) is 47.6 Å². The Labute approximate surface area is 130 Å². The zero-order valence-electron chi connectivity index (χ0n) is 12.7. The highest BCUT2D eigenvalue weighted by Crippen LogP contribution is 2.16. The molecule has 0 bridgehead atoms. The van der Waals surface area contributed by atoms with Crippen molar-refractivity contribution in [2.75, 3.05) is 6.61 Å². The Balaban J connectivity index is 2.13. The van der Waals surface area contributed by atoms with Gasteiger partial charge in [0.1, 0.15) is 0 Å². The van der Waals surface area contributed by atoms with E-state index in [0.717, 1.165) is 11.1 Å². The van der Waals surface area contributed by atoms with Gasteiger partial charge in [-0.1, -0.05) is 17.7 Å². The molecule has 2 aromatic rings. The Kier molecular flexibility index (Phi) is 5.03. The molecule has 1 aromatic heterocycles. The number of aromatic nitrogens is 1. The van der Waals surface area contributed by atoms with Gasteiger partial charge in [0.25, 0.3) is 10.0 Å². The van der Waals surface area contributed by atoms with Gasteiger partial charge in [-0.15, -0.1) is 0 Å². The summed E-state index contributed by atoms with van der Waals surface area (Å²) in [6.45, 7) is 4.00. The molecule has 5 nitrogen and oxygen atoms in total. The summed E-state index contributed by atoms with van der Waals surface area (Å²) in [5.74, 6) is -0.281. The minimum Gasteiger partial charge on any atom is -0.466 e.